The van der Waals surface area contributed by atoms with Gasteiger partial charge in [-0.15, -0.1) is 0 Å². The number of carbonyl (C=O) groups excluding carboxylic acids is 2. The molecule has 0 atom stereocenters. The van der Waals surface area contributed by atoms with Crippen LogP contribution in [0.5, 0.6) is 5.75 Å². The summed E-state index contributed by atoms with van der Waals surface area (Å²) in [6, 6.07) is 14.0. The van der Waals surface area contributed by atoms with Crippen LogP contribution in [0.3, 0.4) is 0 Å². The molecule has 6 heteroatoms. The van der Waals surface area contributed by atoms with Crippen molar-refractivity contribution >= 4 is 29.1 Å². The zero-order valence-corrected chi connectivity index (χ0v) is 14.1. The Kier molecular flexibility index (Phi) is 6.63. The first-order chi connectivity index (χ1) is 11.6. The van der Waals surface area contributed by atoms with Gasteiger partial charge in [0.25, 0.3) is 5.91 Å². The molecule has 0 aliphatic carbocycles. The lowest BCUT2D eigenvalue weighted by molar-refractivity contribution is -0.116. The smallest absolute Gasteiger partial charge is 0.251 e. The Morgan fingerprint density at radius 1 is 1.12 bits per heavy atom. The van der Waals surface area contributed by atoms with Gasteiger partial charge in [-0.3, -0.25) is 9.59 Å². The monoisotopic (exact) mass is 346 g/mol. The number of hydrogen-bond donors (Lipinski definition) is 2. The number of ether oxygens (including phenoxy) is 1. The fourth-order valence-corrected chi connectivity index (χ4v) is 2.27. The molecule has 0 bridgehead atoms. The number of carbonyl (C=O) groups is 2. The lowest BCUT2D eigenvalue weighted by Gasteiger charge is -2.09. The normalized spacial score (nSPS) is 10.1. The maximum atomic E-state index is 11.9. The predicted octanol–water partition coefficient (Wildman–Crippen LogP) is 3.50. The van der Waals surface area contributed by atoms with E-state index in [0.717, 1.165) is 0 Å². The number of amides is 2. The van der Waals surface area contributed by atoms with E-state index < -0.39 is 0 Å². The number of anilines is 1. The quantitative estimate of drug-likeness (QED) is 0.754. The van der Waals surface area contributed by atoms with Gasteiger partial charge in [0.1, 0.15) is 5.75 Å². The van der Waals surface area contributed by atoms with Gasteiger partial charge < -0.3 is 15.4 Å². The van der Waals surface area contributed by atoms with E-state index in [1.54, 1.807) is 43.4 Å². The van der Waals surface area contributed by atoms with Crippen LogP contribution in [-0.4, -0.2) is 25.5 Å². The Labute approximate surface area is 146 Å². The third-order valence-electron chi connectivity index (χ3n) is 3.28. The molecule has 0 saturated carbocycles. The minimum atomic E-state index is -0.195. The first-order valence-electron chi connectivity index (χ1n) is 7.59. The molecule has 2 aromatic carbocycles. The van der Waals surface area contributed by atoms with Crippen LogP contribution in [0, 0.1) is 0 Å². The Bertz CT molecular complexity index is 719. The highest BCUT2D eigenvalue weighted by atomic mass is 35.5. The number of nitrogens with one attached hydrogen (secondary N) is 2. The summed E-state index contributed by atoms with van der Waals surface area (Å²) in [5.41, 5.74) is 1.09. The van der Waals surface area contributed by atoms with Crippen molar-refractivity contribution in [2.24, 2.45) is 0 Å². The zero-order chi connectivity index (χ0) is 17.4. The maximum Gasteiger partial charge on any atom is 0.251 e. The molecule has 0 fully saturated rings. The largest absolute Gasteiger partial charge is 0.492 e. The fourth-order valence-electron chi connectivity index (χ4n) is 2.08. The van der Waals surface area contributed by atoms with Crippen LogP contribution in [0.25, 0.3) is 0 Å². The fraction of sp³-hybridized carbons (Fsp3) is 0.222. The summed E-state index contributed by atoms with van der Waals surface area (Å²) in [6.07, 6.45) is 0.876. The molecule has 2 amide bonds. The van der Waals surface area contributed by atoms with Gasteiger partial charge in [0.05, 0.1) is 11.6 Å². The van der Waals surface area contributed by atoms with E-state index in [1.165, 1.54) is 0 Å². The summed E-state index contributed by atoms with van der Waals surface area (Å²) in [5.74, 6) is 0.281. The molecule has 0 spiro atoms. The summed E-state index contributed by atoms with van der Waals surface area (Å²) < 4.78 is 5.54. The van der Waals surface area contributed by atoms with Crippen LogP contribution in [0.4, 0.5) is 5.69 Å². The molecular weight excluding hydrogens is 328 g/mol. The van der Waals surface area contributed by atoms with E-state index in [2.05, 4.69) is 10.6 Å². The molecule has 2 aromatic rings. The van der Waals surface area contributed by atoms with Crippen LogP contribution in [0.2, 0.25) is 5.02 Å². The van der Waals surface area contributed by atoms with Gasteiger partial charge in [-0.05, 0) is 36.8 Å². The lowest BCUT2D eigenvalue weighted by atomic mass is 10.2. The van der Waals surface area contributed by atoms with Crippen LogP contribution >= 0.6 is 11.6 Å². The van der Waals surface area contributed by atoms with E-state index in [9.17, 15) is 9.59 Å². The molecule has 0 aliphatic rings. The summed E-state index contributed by atoms with van der Waals surface area (Å²) in [4.78, 5) is 23.5. The van der Waals surface area contributed by atoms with Crippen molar-refractivity contribution in [2.75, 3.05) is 19.0 Å². The van der Waals surface area contributed by atoms with Gasteiger partial charge in [-0.25, -0.2) is 0 Å². The lowest BCUT2D eigenvalue weighted by Crippen LogP contribution is -2.18. The average molecular weight is 347 g/mol. The first kappa shape index (κ1) is 17.8. The molecule has 0 unspecified atom stereocenters. The molecule has 24 heavy (non-hydrogen) atoms. The first-order valence-corrected chi connectivity index (χ1v) is 7.97. The average Bonchev–Trinajstić information content (AvgIpc) is 2.59. The summed E-state index contributed by atoms with van der Waals surface area (Å²) in [5, 5.41) is 5.86. The Hall–Kier alpha value is -2.53. The number of halogens is 1. The minimum Gasteiger partial charge on any atom is -0.492 e. The standard InChI is InChI=1S/C18H19ClN2O3/c1-20-18(23)13-6-4-7-14(12-13)21-17(22)10-5-11-24-16-9-3-2-8-15(16)19/h2-4,6-9,12H,5,10-11H2,1H3,(H,20,23)(H,21,22). The second kappa shape index (κ2) is 8.93. The van der Waals surface area contributed by atoms with Crippen molar-refractivity contribution in [1.29, 1.82) is 0 Å². The summed E-state index contributed by atoms with van der Waals surface area (Å²) >= 11 is 5.99. The molecular formula is C18H19ClN2O3. The molecule has 126 valence electrons. The third kappa shape index (κ3) is 5.28. The molecule has 0 aromatic heterocycles. The number of para-hydroxylation sites is 1. The highest BCUT2D eigenvalue weighted by Gasteiger charge is 2.07. The van der Waals surface area contributed by atoms with Crippen molar-refractivity contribution in [1.82, 2.24) is 5.32 Å². The summed E-state index contributed by atoms with van der Waals surface area (Å²) in [6.45, 7) is 0.398. The molecule has 0 saturated heterocycles. The highest BCUT2D eigenvalue weighted by molar-refractivity contribution is 6.32. The third-order valence-corrected chi connectivity index (χ3v) is 3.59. The Balaban J connectivity index is 1.77. The predicted molar refractivity (Wildman–Crippen MR) is 94.6 cm³/mol. The zero-order valence-electron chi connectivity index (χ0n) is 13.3. The molecule has 5 nitrogen and oxygen atoms in total. The van der Waals surface area contributed by atoms with E-state index >= 15 is 0 Å². The van der Waals surface area contributed by atoms with Crippen LogP contribution in [0.1, 0.15) is 23.2 Å². The van der Waals surface area contributed by atoms with E-state index in [0.29, 0.717) is 41.5 Å². The SMILES string of the molecule is CNC(=O)c1cccc(NC(=O)CCCOc2ccccc2Cl)c1. The van der Waals surface area contributed by atoms with Crippen molar-refractivity contribution in [3.63, 3.8) is 0 Å². The molecule has 0 aliphatic heterocycles. The van der Waals surface area contributed by atoms with Crippen molar-refractivity contribution in [3.8, 4) is 5.75 Å². The van der Waals surface area contributed by atoms with Gasteiger partial charge in [0.15, 0.2) is 0 Å². The van der Waals surface area contributed by atoms with Crippen LogP contribution < -0.4 is 15.4 Å². The maximum absolute atomic E-state index is 11.9. The molecule has 2 rings (SSSR count). The molecule has 2 N–H and O–H groups in total. The molecule has 0 radical (unpaired) electrons. The summed E-state index contributed by atoms with van der Waals surface area (Å²) in [7, 11) is 1.56. The Morgan fingerprint density at radius 2 is 1.92 bits per heavy atom. The van der Waals surface area contributed by atoms with Crippen molar-refractivity contribution < 1.29 is 14.3 Å². The van der Waals surface area contributed by atoms with Gasteiger partial charge in [0, 0.05) is 24.7 Å². The number of rotatable bonds is 7. The van der Waals surface area contributed by atoms with Gasteiger partial charge in [-0.2, -0.15) is 0 Å². The second-order valence-electron chi connectivity index (χ2n) is 5.09. The van der Waals surface area contributed by atoms with Crippen molar-refractivity contribution in [3.05, 3.63) is 59.1 Å². The number of benzene rings is 2. The van der Waals surface area contributed by atoms with Gasteiger partial charge in [0.2, 0.25) is 5.91 Å². The number of hydrogen-bond acceptors (Lipinski definition) is 3. The van der Waals surface area contributed by atoms with Gasteiger partial charge >= 0.3 is 0 Å². The second-order valence-corrected chi connectivity index (χ2v) is 5.50. The van der Waals surface area contributed by atoms with Crippen LogP contribution in [-0.2, 0) is 4.79 Å². The van der Waals surface area contributed by atoms with E-state index in [-0.39, 0.29) is 11.8 Å². The molecule has 0 heterocycles. The Morgan fingerprint density at radius 3 is 2.67 bits per heavy atom. The highest BCUT2D eigenvalue weighted by Crippen LogP contribution is 2.23. The minimum absolute atomic E-state index is 0.133. The van der Waals surface area contributed by atoms with Crippen LogP contribution in [0.15, 0.2) is 48.5 Å². The van der Waals surface area contributed by atoms with E-state index in [4.69, 9.17) is 16.3 Å². The van der Waals surface area contributed by atoms with E-state index in [1.807, 2.05) is 12.1 Å². The van der Waals surface area contributed by atoms with Gasteiger partial charge in [-0.1, -0.05) is 29.8 Å². The topological polar surface area (TPSA) is 67.4 Å². The van der Waals surface area contributed by atoms with Crippen molar-refractivity contribution in [2.45, 2.75) is 12.8 Å².